The van der Waals surface area contributed by atoms with Crippen LogP contribution in [-0.4, -0.2) is 29.1 Å². The Labute approximate surface area is 452 Å². The van der Waals surface area contributed by atoms with Gasteiger partial charge in [0, 0.05) is 44.8 Å². The standard InChI is InChI=1S/C72H50N6/c1-47-21-25-53(26-22-47)61-45-46-62(54-27-23-48(2)24-28-54)70-69(61)75-67(55-37-29-49(30-38-55)51-33-41-57(42-34-51)71-73-63-17-9-11-19-65(63)77(71)59-13-5-3-6-14-59)68(76-70)56-39-31-50(32-40-56)52-35-43-58(44-36-52)72-74-64-18-10-12-20-66(64)78(72)60-15-7-4-8-16-60/h3-46H,1-2H3. The fraction of sp³-hybridized carbons (Fsp3) is 0.0278. The topological polar surface area (TPSA) is 61.4 Å². The van der Waals surface area contributed by atoms with Gasteiger partial charge in [0.15, 0.2) is 0 Å². The van der Waals surface area contributed by atoms with Crippen LogP contribution in [0.1, 0.15) is 11.1 Å². The summed E-state index contributed by atoms with van der Waals surface area (Å²) in [5.74, 6) is 1.82. The first-order valence-corrected chi connectivity index (χ1v) is 26.4. The second-order valence-corrected chi connectivity index (χ2v) is 20.0. The van der Waals surface area contributed by atoms with Gasteiger partial charge in [-0.25, -0.2) is 19.9 Å². The quantitative estimate of drug-likeness (QED) is 0.137. The summed E-state index contributed by atoms with van der Waals surface area (Å²) in [5.41, 5.74) is 24.7. The molecule has 78 heavy (non-hydrogen) atoms. The van der Waals surface area contributed by atoms with Crippen LogP contribution >= 0.6 is 0 Å². The molecule has 11 aromatic carbocycles. The third kappa shape index (κ3) is 8.42. The lowest BCUT2D eigenvalue weighted by Gasteiger charge is -2.17. The Hall–Kier alpha value is -10.3. The number of rotatable bonds is 10. The van der Waals surface area contributed by atoms with Crippen molar-refractivity contribution in [3.8, 4) is 101 Å². The molecule has 368 valence electrons. The third-order valence-corrected chi connectivity index (χ3v) is 15.0. The Kier molecular flexibility index (Phi) is 11.5. The van der Waals surface area contributed by atoms with Crippen LogP contribution in [0.4, 0.5) is 0 Å². The van der Waals surface area contributed by atoms with E-state index in [2.05, 4.69) is 266 Å². The average Bonchev–Trinajstić information content (AvgIpc) is 4.22. The summed E-state index contributed by atoms with van der Waals surface area (Å²) in [6.07, 6.45) is 0. The zero-order chi connectivity index (χ0) is 52.1. The molecule has 0 aliphatic rings. The molecule has 0 fully saturated rings. The van der Waals surface area contributed by atoms with Crippen molar-refractivity contribution >= 4 is 33.1 Å². The van der Waals surface area contributed by atoms with Crippen molar-refractivity contribution in [1.29, 1.82) is 0 Å². The number of para-hydroxylation sites is 6. The molecule has 0 saturated carbocycles. The lowest BCUT2D eigenvalue weighted by molar-refractivity contribution is 1.10. The Balaban J connectivity index is 0.858. The summed E-state index contributed by atoms with van der Waals surface area (Å²) in [4.78, 5) is 21.6. The monoisotopic (exact) mass is 998 g/mol. The van der Waals surface area contributed by atoms with Crippen LogP contribution in [0.25, 0.3) is 134 Å². The lowest BCUT2D eigenvalue weighted by Crippen LogP contribution is -1.99. The van der Waals surface area contributed by atoms with E-state index in [-0.39, 0.29) is 0 Å². The molecule has 0 bridgehead atoms. The zero-order valence-corrected chi connectivity index (χ0v) is 43.1. The van der Waals surface area contributed by atoms with E-state index in [9.17, 15) is 0 Å². The highest BCUT2D eigenvalue weighted by Crippen LogP contribution is 2.41. The summed E-state index contributed by atoms with van der Waals surface area (Å²) < 4.78 is 4.48. The van der Waals surface area contributed by atoms with Crippen LogP contribution in [0.5, 0.6) is 0 Å². The molecule has 0 spiro atoms. The van der Waals surface area contributed by atoms with Gasteiger partial charge in [-0.05, 0) is 95.8 Å². The summed E-state index contributed by atoms with van der Waals surface area (Å²) in [7, 11) is 0. The van der Waals surface area contributed by atoms with Gasteiger partial charge < -0.3 is 0 Å². The number of hydrogen-bond acceptors (Lipinski definition) is 4. The SMILES string of the molecule is Cc1ccc(-c2ccc(-c3ccc(C)cc3)c3nc(-c4ccc(-c5ccc(-c6nc7ccccc7n6-c6ccccc6)cc5)cc4)c(-c4ccc(-c5ccc(-c6nc7ccccc7n6-c6ccccc6)cc5)cc4)nc23)cc1. The van der Waals surface area contributed by atoms with Crippen LogP contribution in [-0.2, 0) is 0 Å². The van der Waals surface area contributed by atoms with Crippen LogP contribution in [0.15, 0.2) is 267 Å². The number of nitrogens with zero attached hydrogens (tertiary/aromatic N) is 6. The van der Waals surface area contributed by atoms with E-state index in [1.807, 2.05) is 24.3 Å². The van der Waals surface area contributed by atoms with Crippen molar-refractivity contribution in [3.05, 3.63) is 278 Å². The number of fused-ring (bicyclic) bond motifs is 3. The summed E-state index contributed by atoms with van der Waals surface area (Å²) >= 11 is 0. The minimum absolute atomic E-state index is 0.817. The van der Waals surface area contributed by atoms with Gasteiger partial charge in [0.1, 0.15) is 11.6 Å². The Morgan fingerprint density at radius 2 is 0.538 bits per heavy atom. The van der Waals surface area contributed by atoms with Crippen molar-refractivity contribution < 1.29 is 0 Å². The van der Waals surface area contributed by atoms with E-state index in [0.717, 1.165) is 134 Å². The second kappa shape index (κ2) is 19.4. The second-order valence-electron chi connectivity index (χ2n) is 20.0. The van der Waals surface area contributed by atoms with Gasteiger partial charge in [-0.3, -0.25) is 9.13 Å². The van der Waals surface area contributed by atoms with Crippen LogP contribution in [0, 0.1) is 13.8 Å². The Bertz CT molecular complexity index is 4190. The summed E-state index contributed by atoms with van der Waals surface area (Å²) in [6.45, 7) is 4.25. The van der Waals surface area contributed by atoms with Gasteiger partial charge >= 0.3 is 0 Å². The molecule has 14 rings (SSSR count). The predicted octanol–water partition coefficient (Wildman–Crippen LogP) is 18.3. The van der Waals surface area contributed by atoms with Gasteiger partial charge in [-0.1, -0.05) is 230 Å². The molecule has 0 N–H and O–H groups in total. The van der Waals surface area contributed by atoms with Crippen LogP contribution in [0.3, 0.4) is 0 Å². The first-order chi connectivity index (χ1) is 38.5. The number of benzene rings is 11. The number of imidazole rings is 2. The minimum Gasteiger partial charge on any atom is -0.292 e. The van der Waals surface area contributed by atoms with Crippen molar-refractivity contribution in [2.75, 3.05) is 0 Å². The van der Waals surface area contributed by atoms with Crippen LogP contribution < -0.4 is 0 Å². The molecule has 3 aromatic heterocycles. The fourth-order valence-electron chi connectivity index (χ4n) is 10.9. The van der Waals surface area contributed by atoms with E-state index in [1.54, 1.807) is 0 Å². The smallest absolute Gasteiger partial charge is 0.145 e. The summed E-state index contributed by atoms with van der Waals surface area (Å²) in [5, 5.41) is 0. The molecule has 0 amide bonds. The minimum atomic E-state index is 0.817. The maximum absolute atomic E-state index is 5.71. The van der Waals surface area contributed by atoms with Gasteiger partial charge in [0.25, 0.3) is 0 Å². The molecule has 0 atom stereocenters. The summed E-state index contributed by atoms with van der Waals surface area (Å²) in [6, 6.07) is 94.4. The molecule has 6 nitrogen and oxygen atoms in total. The molecule has 0 aliphatic carbocycles. The van der Waals surface area contributed by atoms with Crippen molar-refractivity contribution in [2.45, 2.75) is 13.8 Å². The Morgan fingerprint density at radius 3 is 0.897 bits per heavy atom. The van der Waals surface area contributed by atoms with Crippen molar-refractivity contribution in [3.63, 3.8) is 0 Å². The average molecular weight is 999 g/mol. The molecule has 0 unspecified atom stereocenters. The van der Waals surface area contributed by atoms with Crippen LogP contribution in [0.2, 0.25) is 0 Å². The zero-order valence-electron chi connectivity index (χ0n) is 43.1. The number of aromatic nitrogens is 6. The van der Waals surface area contributed by atoms with Gasteiger partial charge in [-0.15, -0.1) is 0 Å². The highest BCUT2D eigenvalue weighted by atomic mass is 15.1. The molecule has 0 radical (unpaired) electrons. The molecule has 0 aliphatic heterocycles. The van der Waals surface area contributed by atoms with E-state index in [0.29, 0.717) is 0 Å². The molecule has 0 saturated heterocycles. The molecule has 3 heterocycles. The highest BCUT2D eigenvalue weighted by molar-refractivity contribution is 6.03. The van der Waals surface area contributed by atoms with Crippen molar-refractivity contribution in [2.24, 2.45) is 0 Å². The molecule has 14 aromatic rings. The normalized spacial score (nSPS) is 11.5. The first-order valence-electron chi connectivity index (χ1n) is 26.4. The van der Waals surface area contributed by atoms with Gasteiger partial charge in [0.05, 0.1) is 44.5 Å². The highest BCUT2D eigenvalue weighted by Gasteiger charge is 2.21. The first kappa shape index (κ1) is 46.2. The fourth-order valence-corrected chi connectivity index (χ4v) is 10.9. The van der Waals surface area contributed by atoms with Crippen molar-refractivity contribution in [1.82, 2.24) is 29.1 Å². The maximum Gasteiger partial charge on any atom is 0.145 e. The number of aryl methyl sites for hydroxylation is 2. The molecular formula is C72H50N6. The van der Waals surface area contributed by atoms with E-state index in [1.165, 1.54) is 11.1 Å². The lowest BCUT2D eigenvalue weighted by atomic mass is 9.94. The molecule has 6 heteroatoms. The Morgan fingerprint density at radius 1 is 0.244 bits per heavy atom. The number of hydrogen-bond donors (Lipinski definition) is 0. The largest absolute Gasteiger partial charge is 0.292 e. The van der Waals surface area contributed by atoms with E-state index < -0.39 is 0 Å². The third-order valence-electron chi connectivity index (χ3n) is 15.0. The van der Waals surface area contributed by atoms with Gasteiger partial charge in [-0.2, -0.15) is 0 Å². The predicted molar refractivity (Wildman–Crippen MR) is 322 cm³/mol. The maximum atomic E-state index is 5.71. The molecular weight excluding hydrogens is 949 g/mol. The van der Waals surface area contributed by atoms with E-state index >= 15 is 0 Å². The van der Waals surface area contributed by atoms with Gasteiger partial charge in [0.2, 0.25) is 0 Å². The van der Waals surface area contributed by atoms with E-state index in [4.69, 9.17) is 19.9 Å².